The van der Waals surface area contributed by atoms with Gasteiger partial charge in [-0.25, -0.2) is 0 Å². The Morgan fingerprint density at radius 1 is 1.00 bits per heavy atom. The predicted octanol–water partition coefficient (Wildman–Crippen LogP) is 4.15. The number of aliphatic hydroxyl groups excluding tert-OH is 1. The van der Waals surface area contributed by atoms with Gasteiger partial charge >= 0.3 is 0 Å². The summed E-state index contributed by atoms with van der Waals surface area (Å²) in [6.07, 6.45) is 0.868. The van der Waals surface area contributed by atoms with Crippen molar-refractivity contribution in [1.82, 2.24) is 0 Å². The first-order chi connectivity index (χ1) is 10.6. The van der Waals surface area contributed by atoms with E-state index >= 15 is 0 Å². The van der Waals surface area contributed by atoms with Crippen molar-refractivity contribution in [2.24, 2.45) is 5.92 Å². The number of benzene rings is 2. The number of carbonyl (C=O) groups is 1. The highest BCUT2D eigenvalue weighted by Crippen LogP contribution is 2.28. The molecule has 116 valence electrons. The van der Waals surface area contributed by atoms with Gasteiger partial charge in [0.1, 0.15) is 0 Å². The first-order valence-corrected chi connectivity index (χ1v) is 7.77. The highest BCUT2D eigenvalue weighted by Gasteiger charge is 2.28. The third-order valence-corrected chi connectivity index (χ3v) is 3.80. The number of rotatable bonds is 6. The summed E-state index contributed by atoms with van der Waals surface area (Å²) in [4.78, 5) is 14.6. The van der Waals surface area contributed by atoms with Crippen molar-refractivity contribution in [3.63, 3.8) is 0 Å². The molecule has 0 aliphatic heterocycles. The molecule has 0 aliphatic rings. The molecule has 0 aliphatic carbocycles. The predicted molar refractivity (Wildman–Crippen MR) is 90.1 cm³/mol. The number of anilines is 2. The zero-order valence-corrected chi connectivity index (χ0v) is 13.1. The van der Waals surface area contributed by atoms with Crippen LogP contribution in [0.5, 0.6) is 0 Å². The second kappa shape index (κ2) is 7.76. The molecule has 2 aromatic rings. The number of hydrogen-bond acceptors (Lipinski definition) is 2. The van der Waals surface area contributed by atoms with Gasteiger partial charge in [-0.3, -0.25) is 9.69 Å². The van der Waals surface area contributed by atoms with Crippen LogP contribution in [0.3, 0.4) is 0 Å². The zero-order chi connectivity index (χ0) is 15.9. The van der Waals surface area contributed by atoms with E-state index in [4.69, 9.17) is 0 Å². The average molecular weight is 297 g/mol. The maximum Gasteiger partial charge on any atom is 0.236 e. The molecule has 0 saturated carbocycles. The fraction of sp³-hybridized carbons (Fsp3) is 0.316. The maximum atomic E-state index is 12.9. The van der Waals surface area contributed by atoms with Gasteiger partial charge in [0.2, 0.25) is 5.91 Å². The lowest BCUT2D eigenvalue weighted by molar-refractivity contribution is -0.124. The van der Waals surface area contributed by atoms with E-state index in [-0.39, 0.29) is 5.91 Å². The quantitative estimate of drug-likeness (QED) is 0.870. The van der Waals surface area contributed by atoms with E-state index in [1.54, 1.807) is 11.8 Å². The van der Waals surface area contributed by atoms with Crippen LogP contribution in [0.4, 0.5) is 11.4 Å². The van der Waals surface area contributed by atoms with Crippen molar-refractivity contribution < 1.29 is 9.90 Å². The molecule has 2 rings (SSSR count). The number of para-hydroxylation sites is 2. The Balaban J connectivity index is 2.35. The summed E-state index contributed by atoms with van der Waals surface area (Å²) in [5.41, 5.74) is 1.63. The largest absolute Gasteiger partial charge is 0.392 e. The van der Waals surface area contributed by atoms with Gasteiger partial charge < -0.3 is 5.11 Å². The summed E-state index contributed by atoms with van der Waals surface area (Å²) in [5.74, 6) is -0.529. The fourth-order valence-corrected chi connectivity index (χ4v) is 2.47. The number of nitrogens with zero attached hydrogens (tertiary/aromatic N) is 1. The highest BCUT2D eigenvalue weighted by molar-refractivity contribution is 6.01. The fourth-order valence-electron chi connectivity index (χ4n) is 2.47. The number of carbonyl (C=O) groups excluding carboxylic acids is 1. The van der Waals surface area contributed by atoms with Crippen LogP contribution in [0, 0.1) is 5.92 Å². The first kappa shape index (κ1) is 16.2. The SMILES string of the molecule is CCC[C@H](O)[C@@H](C)C(=O)N(c1ccccc1)c1ccccc1. The monoisotopic (exact) mass is 297 g/mol. The molecule has 2 atom stereocenters. The van der Waals surface area contributed by atoms with Gasteiger partial charge in [-0.05, 0) is 30.7 Å². The van der Waals surface area contributed by atoms with Gasteiger partial charge in [0.15, 0.2) is 0 Å². The van der Waals surface area contributed by atoms with Crippen LogP contribution in [-0.4, -0.2) is 17.1 Å². The second-order valence-electron chi connectivity index (χ2n) is 5.49. The Hall–Kier alpha value is -2.13. The van der Waals surface area contributed by atoms with Crippen LogP contribution in [0.25, 0.3) is 0 Å². The van der Waals surface area contributed by atoms with Crippen molar-refractivity contribution in [3.05, 3.63) is 60.7 Å². The average Bonchev–Trinajstić information content (AvgIpc) is 2.56. The molecular weight excluding hydrogens is 274 g/mol. The molecule has 2 aromatic carbocycles. The molecular formula is C19H23NO2. The molecule has 0 aromatic heterocycles. The first-order valence-electron chi connectivity index (χ1n) is 7.77. The highest BCUT2D eigenvalue weighted by atomic mass is 16.3. The van der Waals surface area contributed by atoms with Crippen LogP contribution in [0.2, 0.25) is 0 Å². The molecule has 0 radical (unpaired) electrons. The molecule has 0 heterocycles. The standard InChI is InChI=1S/C19H23NO2/c1-3-10-18(21)15(2)19(22)20(16-11-6-4-7-12-16)17-13-8-5-9-14-17/h4-9,11-15,18,21H,3,10H2,1-2H3/t15-,18+/m1/s1. The lowest BCUT2D eigenvalue weighted by Crippen LogP contribution is -2.37. The maximum absolute atomic E-state index is 12.9. The smallest absolute Gasteiger partial charge is 0.236 e. The van der Waals surface area contributed by atoms with E-state index in [0.29, 0.717) is 6.42 Å². The Bertz CT molecular complexity index is 543. The summed E-state index contributed by atoms with van der Waals surface area (Å²) in [5, 5.41) is 10.2. The summed E-state index contributed by atoms with van der Waals surface area (Å²) in [7, 11) is 0. The van der Waals surface area contributed by atoms with E-state index < -0.39 is 12.0 Å². The van der Waals surface area contributed by atoms with E-state index in [2.05, 4.69) is 0 Å². The van der Waals surface area contributed by atoms with Crippen LogP contribution in [0.15, 0.2) is 60.7 Å². The van der Waals surface area contributed by atoms with Crippen LogP contribution in [0.1, 0.15) is 26.7 Å². The van der Waals surface area contributed by atoms with Crippen LogP contribution in [-0.2, 0) is 4.79 Å². The molecule has 0 fully saturated rings. The Morgan fingerprint density at radius 2 is 1.45 bits per heavy atom. The summed E-state index contributed by atoms with van der Waals surface area (Å²) in [6, 6.07) is 19.1. The van der Waals surface area contributed by atoms with E-state index in [1.807, 2.05) is 67.6 Å². The number of aliphatic hydroxyl groups is 1. The van der Waals surface area contributed by atoms with Gasteiger partial charge in [-0.1, -0.05) is 56.7 Å². The molecule has 3 nitrogen and oxygen atoms in total. The summed E-state index contributed by atoms with van der Waals surface area (Å²) >= 11 is 0. The van der Waals surface area contributed by atoms with E-state index in [0.717, 1.165) is 17.8 Å². The van der Waals surface area contributed by atoms with Gasteiger partial charge in [0, 0.05) is 11.4 Å². The number of amides is 1. The van der Waals surface area contributed by atoms with Crippen molar-refractivity contribution in [2.45, 2.75) is 32.8 Å². The van der Waals surface area contributed by atoms with Crippen LogP contribution < -0.4 is 4.90 Å². The molecule has 1 N–H and O–H groups in total. The van der Waals surface area contributed by atoms with Crippen molar-refractivity contribution in [3.8, 4) is 0 Å². The van der Waals surface area contributed by atoms with Crippen LogP contribution >= 0.6 is 0 Å². The minimum atomic E-state index is -0.618. The van der Waals surface area contributed by atoms with E-state index in [9.17, 15) is 9.90 Å². The van der Waals surface area contributed by atoms with Crippen molar-refractivity contribution in [1.29, 1.82) is 0 Å². The molecule has 22 heavy (non-hydrogen) atoms. The minimum Gasteiger partial charge on any atom is -0.392 e. The third-order valence-electron chi connectivity index (χ3n) is 3.80. The molecule has 1 amide bonds. The molecule has 0 saturated heterocycles. The lowest BCUT2D eigenvalue weighted by atomic mass is 9.98. The Kier molecular flexibility index (Phi) is 5.73. The number of hydrogen-bond donors (Lipinski definition) is 1. The lowest BCUT2D eigenvalue weighted by Gasteiger charge is -2.28. The zero-order valence-electron chi connectivity index (χ0n) is 13.1. The summed E-state index contributed by atoms with van der Waals surface area (Å²) < 4.78 is 0. The Morgan fingerprint density at radius 3 is 1.86 bits per heavy atom. The topological polar surface area (TPSA) is 40.5 Å². The van der Waals surface area contributed by atoms with Crippen molar-refractivity contribution in [2.75, 3.05) is 4.90 Å². The second-order valence-corrected chi connectivity index (χ2v) is 5.49. The van der Waals surface area contributed by atoms with Gasteiger partial charge in [0.25, 0.3) is 0 Å². The molecule has 0 bridgehead atoms. The third kappa shape index (κ3) is 3.74. The molecule has 0 spiro atoms. The van der Waals surface area contributed by atoms with Gasteiger partial charge in [-0.2, -0.15) is 0 Å². The summed E-state index contributed by atoms with van der Waals surface area (Å²) in [6.45, 7) is 3.80. The van der Waals surface area contributed by atoms with Gasteiger partial charge in [-0.15, -0.1) is 0 Å². The minimum absolute atomic E-state index is 0.0849. The molecule has 3 heteroatoms. The van der Waals surface area contributed by atoms with Gasteiger partial charge in [0.05, 0.1) is 12.0 Å². The molecule has 0 unspecified atom stereocenters. The van der Waals surface area contributed by atoms with Crippen molar-refractivity contribution >= 4 is 17.3 Å². The van der Waals surface area contributed by atoms with E-state index in [1.165, 1.54) is 0 Å². The Labute approximate surface area is 132 Å². The normalized spacial score (nSPS) is 13.4.